The summed E-state index contributed by atoms with van der Waals surface area (Å²) < 4.78 is 5.15. The molecule has 28 heavy (non-hydrogen) atoms. The van der Waals surface area contributed by atoms with Crippen molar-refractivity contribution in [3.05, 3.63) is 29.8 Å². The van der Waals surface area contributed by atoms with E-state index in [1.54, 1.807) is 7.11 Å². The van der Waals surface area contributed by atoms with Crippen molar-refractivity contribution < 1.29 is 19.4 Å². The van der Waals surface area contributed by atoms with Crippen molar-refractivity contribution in [1.29, 1.82) is 0 Å². The molecule has 8 heteroatoms. The maximum atomic E-state index is 12.6. The zero-order valence-corrected chi connectivity index (χ0v) is 17.1. The quantitative estimate of drug-likeness (QED) is 0.750. The van der Waals surface area contributed by atoms with Crippen LogP contribution in [0, 0.1) is 0 Å². The van der Waals surface area contributed by atoms with Gasteiger partial charge in [-0.2, -0.15) is 0 Å². The Labute approximate surface area is 172 Å². The van der Waals surface area contributed by atoms with E-state index in [9.17, 15) is 14.7 Å². The number of aliphatic hydroxyl groups excluding tert-OH is 1. The number of aryl methyl sites for hydroxylation is 1. The van der Waals surface area contributed by atoms with Crippen LogP contribution in [-0.4, -0.2) is 78.7 Å². The van der Waals surface area contributed by atoms with Gasteiger partial charge >= 0.3 is 0 Å². The van der Waals surface area contributed by atoms with Crippen molar-refractivity contribution in [2.24, 2.45) is 0 Å². The molecule has 3 rings (SSSR count). The predicted molar refractivity (Wildman–Crippen MR) is 109 cm³/mol. The minimum Gasteiger partial charge on any atom is -0.497 e. The Hall–Kier alpha value is -1.83. The van der Waals surface area contributed by atoms with E-state index < -0.39 is 6.10 Å². The summed E-state index contributed by atoms with van der Waals surface area (Å²) in [7, 11) is 1.64. The summed E-state index contributed by atoms with van der Waals surface area (Å²) in [4.78, 5) is 28.8. The Morgan fingerprint density at radius 2 is 1.82 bits per heavy atom. The van der Waals surface area contributed by atoms with Crippen LogP contribution < -0.4 is 10.1 Å². The van der Waals surface area contributed by atoms with Crippen LogP contribution in [0.4, 0.5) is 0 Å². The second-order valence-electron chi connectivity index (χ2n) is 7.26. The number of aliphatic hydroxyl groups is 1. The van der Waals surface area contributed by atoms with Gasteiger partial charge in [-0.25, -0.2) is 0 Å². The highest BCUT2D eigenvalue weighted by Gasteiger charge is 2.32. The summed E-state index contributed by atoms with van der Waals surface area (Å²) in [6, 6.07) is 7.49. The number of carbonyl (C=O) groups excluding carboxylic acids is 2. The Morgan fingerprint density at radius 3 is 2.46 bits per heavy atom. The lowest BCUT2D eigenvalue weighted by Crippen LogP contribution is -2.45. The monoisotopic (exact) mass is 411 g/mol. The number of methoxy groups -OCH3 is 1. The summed E-state index contributed by atoms with van der Waals surface area (Å²) >= 11 is 0. The van der Waals surface area contributed by atoms with E-state index in [4.69, 9.17) is 4.74 Å². The van der Waals surface area contributed by atoms with Crippen LogP contribution in [0.2, 0.25) is 0 Å². The third kappa shape index (κ3) is 5.83. The van der Waals surface area contributed by atoms with Crippen molar-refractivity contribution in [2.45, 2.75) is 37.8 Å². The van der Waals surface area contributed by atoms with E-state index in [1.165, 1.54) is 0 Å². The molecule has 0 aliphatic carbocycles. The molecule has 0 bridgehead atoms. The fourth-order valence-electron chi connectivity index (χ4n) is 3.71. The van der Waals surface area contributed by atoms with Gasteiger partial charge in [0, 0.05) is 39.1 Å². The average Bonchev–Trinajstić information content (AvgIpc) is 2.98. The summed E-state index contributed by atoms with van der Waals surface area (Å²) in [5.74, 6) is 0.986. The lowest BCUT2D eigenvalue weighted by Gasteiger charge is -2.24. The highest BCUT2D eigenvalue weighted by atomic mass is 35.5. The molecular formula is C20H30ClN3O4. The Balaban J connectivity index is 0.00000280. The van der Waals surface area contributed by atoms with E-state index in [2.05, 4.69) is 5.32 Å². The van der Waals surface area contributed by atoms with Crippen LogP contribution in [0.5, 0.6) is 5.75 Å². The third-order valence-corrected chi connectivity index (χ3v) is 5.35. The second-order valence-corrected chi connectivity index (χ2v) is 7.26. The molecule has 0 spiro atoms. The minimum absolute atomic E-state index is 0. The van der Waals surface area contributed by atoms with Gasteiger partial charge in [0.25, 0.3) is 0 Å². The van der Waals surface area contributed by atoms with Gasteiger partial charge in [0.2, 0.25) is 11.8 Å². The molecule has 2 aliphatic heterocycles. The molecule has 2 amide bonds. The lowest BCUT2D eigenvalue weighted by molar-refractivity contribution is -0.134. The molecule has 1 aromatic carbocycles. The van der Waals surface area contributed by atoms with E-state index in [1.807, 2.05) is 34.1 Å². The molecule has 2 unspecified atom stereocenters. The zero-order chi connectivity index (χ0) is 19.2. The standard InChI is InChI=1S/C20H29N3O4.ClH/c1-27-17-6-3-15(4-7-17)5-8-19(25)22-9-2-10-23(12-11-22)20(26)18-13-16(24)14-21-18;/h3-4,6-7,16,18,21,24H,2,5,8-14H2,1H3;1H. The number of hydrogen-bond acceptors (Lipinski definition) is 5. The predicted octanol–water partition coefficient (Wildman–Crippen LogP) is 0.833. The van der Waals surface area contributed by atoms with Crippen LogP contribution in [0.15, 0.2) is 24.3 Å². The Morgan fingerprint density at radius 1 is 1.14 bits per heavy atom. The van der Waals surface area contributed by atoms with E-state index in [-0.39, 0.29) is 30.3 Å². The maximum absolute atomic E-state index is 12.6. The molecule has 0 saturated carbocycles. The lowest BCUT2D eigenvalue weighted by atomic mass is 10.1. The van der Waals surface area contributed by atoms with Gasteiger partial charge in [0.1, 0.15) is 5.75 Å². The first-order valence-corrected chi connectivity index (χ1v) is 9.68. The second kappa shape index (κ2) is 10.6. The number of nitrogens with one attached hydrogen (secondary N) is 1. The molecular weight excluding hydrogens is 382 g/mol. The summed E-state index contributed by atoms with van der Waals surface area (Å²) in [5.41, 5.74) is 1.11. The fraction of sp³-hybridized carbons (Fsp3) is 0.600. The molecule has 2 saturated heterocycles. The van der Waals surface area contributed by atoms with Gasteiger partial charge in [-0.1, -0.05) is 12.1 Å². The van der Waals surface area contributed by atoms with Crippen molar-refractivity contribution in [1.82, 2.24) is 15.1 Å². The maximum Gasteiger partial charge on any atom is 0.239 e. The Bertz CT molecular complexity index is 655. The van der Waals surface area contributed by atoms with Crippen LogP contribution in [0.3, 0.4) is 0 Å². The largest absolute Gasteiger partial charge is 0.497 e. The molecule has 2 heterocycles. The molecule has 156 valence electrons. The summed E-state index contributed by atoms with van der Waals surface area (Å²) in [6.45, 7) is 2.95. The molecule has 0 radical (unpaired) electrons. The summed E-state index contributed by atoms with van der Waals surface area (Å²) in [6.07, 6.45) is 1.99. The van der Waals surface area contributed by atoms with Gasteiger partial charge in [0.15, 0.2) is 0 Å². The van der Waals surface area contributed by atoms with Crippen LogP contribution >= 0.6 is 12.4 Å². The van der Waals surface area contributed by atoms with Gasteiger partial charge in [-0.15, -0.1) is 12.4 Å². The molecule has 2 aliphatic rings. The topological polar surface area (TPSA) is 82.1 Å². The van der Waals surface area contributed by atoms with Crippen LogP contribution in [0.25, 0.3) is 0 Å². The van der Waals surface area contributed by atoms with Gasteiger partial charge in [-0.3, -0.25) is 9.59 Å². The van der Waals surface area contributed by atoms with Crippen molar-refractivity contribution in [3.8, 4) is 5.75 Å². The van der Waals surface area contributed by atoms with E-state index in [0.717, 1.165) is 17.7 Å². The molecule has 7 nitrogen and oxygen atoms in total. The van der Waals surface area contributed by atoms with Crippen LogP contribution in [0.1, 0.15) is 24.8 Å². The summed E-state index contributed by atoms with van der Waals surface area (Å²) in [5, 5.41) is 12.7. The number of rotatable bonds is 5. The van der Waals surface area contributed by atoms with Crippen molar-refractivity contribution in [3.63, 3.8) is 0 Å². The molecule has 2 atom stereocenters. The van der Waals surface area contributed by atoms with Crippen molar-refractivity contribution in [2.75, 3.05) is 39.8 Å². The third-order valence-electron chi connectivity index (χ3n) is 5.35. The van der Waals surface area contributed by atoms with Crippen LogP contribution in [-0.2, 0) is 16.0 Å². The first-order chi connectivity index (χ1) is 13.1. The number of carbonyl (C=O) groups is 2. The fourth-order valence-corrected chi connectivity index (χ4v) is 3.71. The Kier molecular flexibility index (Phi) is 8.54. The smallest absolute Gasteiger partial charge is 0.239 e. The number of ether oxygens (including phenoxy) is 1. The number of halogens is 1. The number of β-amino-alcohol motifs (C(OH)–C–C–N with tert-alkyl or cyclic N) is 1. The molecule has 1 aromatic rings. The van der Waals surface area contributed by atoms with E-state index >= 15 is 0 Å². The SMILES string of the molecule is COc1ccc(CCC(=O)N2CCCN(C(=O)C3CC(O)CN3)CC2)cc1.Cl. The highest BCUT2D eigenvalue weighted by molar-refractivity contribution is 5.85. The van der Waals surface area contributed by atoms with Gasteiger partial charge < -0.3 is 25.0 Å². The van der Waals surface area contributed by atoms with Gasteiger partial charge in [0.05, 0.1) is 19.3 Å². The number of benzene rings is 1. The highest BCUT2D eigenvalue weighted by Crippen LogP contribution is 2.15. The minimum atomic E-state index is -0.443. The van der Waals surface area contributed by atoms with E-state index in [0.29, 0.717) is 52.0 Å². The average molecular weight is 412 g/mol. The number of amides is 2. The number of nitrogens with zero attached hydrogens (tertiary/aromatic N) is 2. The number of hydrogen-bond donors (Lipinski definition) is 2. The molecule has 2 N–H and O–H groups in total. The first-order valence-electron chi connectivity index (χ1n) is 9.68. The normalized spacial score (nSPS) is 22.4. The zero-order valence-electron chi connectivity index (χ0n) is 16.3. The molecule has 0 aromatic heterocycles. The van der Waals surface area contributed by atoms with Gasteiger partial charge in [-0.05, 0) is 37.0 Å². The molecule has 2 fully saturated rings. The first kappa shape index (κ1) is 22.5. The van der Waals surface area contributed by atoms with Crippen molar-refractivity contribution >= 4 is 24.2 Å².